The highest BCUT2D eigenvalue weighted by molar-refractivity contribution is 5.69. The van der Waals surface area contributed by atoms with Gasteiger partial charge in [0.1, 0.15) is 0 Å². The molecule has 0 fully saturated rings. The summed E-state index contributed by atoms with van der Waals surface area (Å²) in [5.41, 5.74) is 0.295. The van der Waals surface area contributed by atoms with Crippen LogP contribution in [0.25, 0.3) is 0 Å². The van der Waals surface area contributed by atoms with E-state index in [2.05, 4.69) is 39.4 Å². The maximum atomic E-state index is 11.1. The number of hydrogen-bond donors (Lipinski definition) is 0. The van der Waals surface area contributed by atoms with Crippen LogP contribution in [-0.2, 0) is 9.53 Å². The zero-order valence-electron chi connectivity index (χ0n) is 9.73. The van der Waals surface area contributed by atoms with Gasteiger partial charge in [0.15, 0.2) is 0 Å². The summed E-state index contributed by atoms with van der Waals surface area (Å²) in [6, 6.07) is 0. The Morgan fingerprint density at radius 2 is 1.62 bits per heavy atom. The molecule has 0 amide bonds. The Hall–Kier alpha value is -0.530. The Morgan fingerprint density at radius 3 is 1.92 bits per heavy atom. The fraction of sp³-hybridized carbons (Fsp3) is 0.909. The Bertz CT molecular complexity index is 175. The second-order valence-corrected chi connectivity index (χ2v) is 5.65. The smallest absolute Gasteiger partial charge is 0.306 e. The van der Waals surface area contributed by atoms with Crippen LogP contribution in [0.15, 0.2) is 0 Å². The topological polar surface area (TPSA) is 26.3 Å². The van der Waals surface area contributed by atoms with Gasteiger partial charge in [-0.3, -0.25) is 4.79 Å². The van der Waals surface area contributed by atoms with E-state index in [1.807, 2.05) is 0 Å². The molecule has 0 saturated carbocycles. The molecule has 0 atom stereocenters. The van der Waals surface area contributed by atoms with Crippen molar-refractivity contribution in [3.05, 3.63) is 0 Å². The molecule has 0 radical (unpaired) electrons. The Labute approximate surface area is 81.7 Å². The quantitative estimate of drug-likeness (QED) is 0.633. The van der Waals surface area contributed by atoms with E-state index in [4.69, 9.17) is 0 Å². The van der Waals surface area contributed by atoms with Gasteiger partial charge in [-0.05, 0) is 17.3 Å². The summed E-state index contributed by atoms with van der Waals surface area (Å²) in [4.78, 5) is 11.1. The Balaban J connectivity index is 4.16. The molecule has 0 aromatic heterocycles. The first kappa shape index (κ1) is 12.5. The van der Waals surface area contributed by atoms with E-state index >= 15 is 0 Å². The second kappa shape index (κ2) is 4.12. The van der Waals surface area contributed by atoms with Crippen molar-refractivity contribution >= 4 is 5.97 Å². The predicted octanol–water partition coefficient (Wildman–Crippen LogP) is 3.01. The monoisotopic (exact) mass is 186 g/mol. The van der Waals surface area contributed by atoms with Crippen molar-refractivity contribution in [2.75, 3.05) is 7.11 Å². The largest absolute Gasteiger partial charge is 0.469 e. The number of ether oxygens (including phenoxy) is 1. The predicted molar refractivity (Wildman–Crippen MR) is 54.5 cm³/mol. The summed E-state index contributed by atoms with van der Waals surface area (Å²) in [6.45, 7) is 10.8. The summed E-state index contributed by atoms with van der Waals surface area (Å²) >= 11 is 0. The zero-order valence-corrected chi connectivity index (χ0v) is 9.73. The molecule has 0 aromatic carbocycles. The van der Waals surface area contributed by atoms with Crippen LogP contribution in [0, 0.1) is 10.8 Å². The second-order valence-electron chi connectivity index (χ2n) is 5.65. The molecule has 0 rings (SSSR count). The summed E-state index contributed by atoms with van der Waals surface area (Å²) in [6.07, 6.45) is 1.52. The highest BCUT2D eigenvalue weighted by atomic mass is 16.5. The number of hydrogen-bond acceptors (Lipinski definition) is 2. The van der Waals surface area contributed by atoms with E-state index < -0.39 is 0 Å². The molecule has 0 heterocycles. The fourth-order valence-corrected chi connectivity index (χ4v) is 1.96. The first-order valence-corrected chi connectivity index (χ1v) is 4.73. The van der Waals surface area contributed by atoms with Crippen LogP contribution >= 0.6 is 0 Å². The van der Waals surface area contributed by atoms with Crippen molar-refractivity contribution < 1.29 is 9.53 Å². The van der Waals surface area contributed by atoms with E-state index in [1.165, 1.54) is 7.11 Å². The third kappa shape index (κ3) is 6.62. The van der Waals surface area contributed by atoms with Crippen LogP contribution < -0.4 is 0 Å². The molecule has 0 unspecified atom stereocenters. The summed E-state index contributed by atoms with van der Waals surface area (Å²) in [5.74, 6) is -0.116. The molecule has 0 saturated heterocycles. The van der Waals surface area contributed by atoms with Crippen molar-refractivity contribution in [2.45, 2.75) is 47.5 Å². The van der Waals surface area contributed by atoms with E-state index in [9.17, 15) is 4.79 Å². The molecular weight excluding hydrogens is 164 g/mol. The normalized spacial score (nSPS) is 12.8. The van der Waals surface area contributed by atoms with Crippen LogP contribution in [0.2, 0.25) is 0 Å². The van der Waals surface area contributed by atoms with Gasteiger partial charge in [0.25, 0.3) is 0 Å². The molecule has 0 aromatic rings. The van der Waals surface area contributed by atoms with Crippen LogP contribution in [0.5, 0.6) is 0 Å². The van der Waals surface area contributed by atoms with E-state index in [1.54, 1.807) is 0 Å². The molecule has 0 aliphatic heterocycles. The van der Waals surface area contributed by atoms with Crippen molar-refractivity contribution in [3.8, 4) is 0 Å². The lowest BCUT2D eigenvalue weighted by atomic mass is 9.74. The third-order valence-electron chi connectivity index (χ3n) is 1.86. The van der Waals surface area contributed by atoms with Gasteiger partial charge in [0.05, 0.1) is 13.5 Å². The maximum absolute atomic E-state index is 11.1. The van der Waals surface area contributed by atoms with Gasteiger partial charge in [-0.1, -0.05) is 34.6 Å². The highest BCUT2D eigenvalue weighted by Gasteiger charge is 2.28. The lowest BCUT2D eigenvalue weighted by Gasteiger charge is -2.31. The lowest BCUT2D eigenvalue weighted by molar-refractivity contribution is -0.143. The van der Waals surface area contributed by atoms with Gasteiger partial charge in [0.2, 0.25) is 0 Å². The summed E-state index contributed by atoms with van der Waals surface area (Å²) in [7, 11) is 1.44. The number of methoxy groups -OCH3 is 1. The lowest BCUT2D eigenvalue weighted by Crippen LogP contribution is -2.24. The van der Waals surface area contributed by atoms with Crippen LogP contribution in [0.3, 0.4) is 0 Å². The summed E-state index contributed by atoms with van der Waals surface area (Å²) in [5, 5.41) is 0. The molecule has 78 valence electrons. The van der Waals surface area contributed by atoms with E-state index in [-0.39, 0.29) is 16.8 Å². The van der Waals surface area contributed by atoms with Crippen molar-refractivity contribution in [1.82, 2.24) is 0 Å². The van der Waals surface area contributed by atoms with Crippen molar-refractivity contribution in [2.24, 2.45) is 10.8 Å². The average Bonchev–Trinajstić information content (AvgIpc) is 1.80. The van der Waals surface area contributed by atoms with Gasteiger partial charge in [-0.15, -0.1) is 0 Å². The van der Waals surface area contributed by atoms with Gasteiger partial charge in [-0.2, -0.15) is 0 Å². The minimum absolute atomic E-state index is 0.0331. The SMILES string of the molecule is COC(=O)CC(C)(C)CC(C)(C)C. The van der Waals surface area contributed by atoms with Gasteiger partial charge in [-0.25, -0.2) is 0 Å². The highest BCUT2D eigenvalue weighted by Crippen LogP contribution is 2.35. The van der Waals surface area contributed by atoms with Crippen LogP contribution in [-0.4, -0.2) is 13.1 Å². The maximum Gasteiger partial charge on any atom is 0.306 e. The molecule has 0 aliphatic rings. The molecule has 0 aliphatic carbocycles. The third-order valence-corrected chi connectivity index (χ3v) is 1.86. The van der Waals surface area contributed by atoms with Crippen molar-refractivity contribution in [1.29, 1.82) is 0 Å². The van der Waals surface area contributed by atoms with E-state index in [0.717, 1.165) is 6.42 Å². The fourth-order valence-electron chi connectivity index (χ4n) is 1.96. The molecule has 13 heavy (non-hydrogen) atoms. The van der Waals surface area contributed by atoms with Crippen molar-refractivity contribution in [3.63, 3.8) is 0 Å². The van der Waals surface area contributed by atoms with Gasteiger partial charge < -0.3 is 4.74 Å². The first-order valence-electron chi connectivity index (χ1n) is 4.73. The van der Waals surface area contributed by atoms with E-state index in [0.29, 0.717) is 6.42 Å². The van der Waals surface area contributed by atoms with Crippen LogP contribution in [0.1, 0.15) is 47.5 Å². The number of carbonyl (C=O) groups excluding carboxylic acids is 1. The van der Waals surface area contributed by atoms with Crippen LogP contribution in [0.4, 0.5) is 0 Å². The standard InChI is InChI=1S/C11H22O2/c1-10(2,3)8-11(4,5)7-9(12)13-6/h7-8H2,1-6H3. The summed E-state index contributed by atoms with van der Waals surface area (Å²) < 4.78 is 4.66. The molecule has 2 heteroatoms. The molecule has 0 spiro atoms. The Kier molecular flexibility index (Phi) is 3.95. The van der Waals surface area contributed by atoms with Gasteiger partial charge in [0, 0.05) is 0 Å². The minimum atomic E-state index is -0.116. The number of esters is 1. The zero-order chi connectivity index (χ0) is 10.7. The molecular formula is C11H22O2. The molecule has 2 nitrogen and oxygen atoms in total. The Morgan fingerprint density at radius 1 is 1.15 bits per heavy atom. The minimum Gasteiger partial charge on any atom is -0.469 e. The molecule has 0 N–H and O–H groups in total. The average molecular weight is 186 g/mol. The number of rotatable bonds is 3. The first-order chi connectivity index (χ1) is 5.66. The molecule has 0 bridgehead atoms. The van der Waals surface area contributed by atoms with Gasteiger partial charge >= 0.3 is 5.97 Å². The number of carbonyl (C=O) groups is 1.